The molecule has 6 nitrogen and oxygen atoms in total. The fourth-order valence-corrected chi connectivity index (χ4v) is 5.05. The summed E-state index contributed by atoms with van der Waals surface area (Å²) in [4.78, 5) is 26.7. The number of fused-ring (bicyclic) bond motifs is 2. The molecular weight excluding hydrogens is 362 g/mol. The Morgan fingerprint density at radius 3 is 2.31 bits per heavy atom. The summed E-state index contributed by atoms with van der Waals surface area (Å²) in [5, 5.41) is 0. The Morgan fingerprint density at radius 1 is 0.897 bits per heavy atom. The molecule has 2 aromatic rings. The molecule has 1 amide bonds. The molecule has 3 saturated heterocycles. The highest BCUT2D eigenvalue weighted by atomic mass is 16.2. The van der Waals surface area contributed by atoms with Crippen LogP contribution in [0, 0.1) is 0 Å². The number of likely N-dealkylation sites (tertiary alicyclic amines) is 2. The molecule has 0 N–H and O–H groups in total. The van der Waals surface area contributed by atoms with Crippen molar-refractivity contribution in [2.75, 3.05) is 50.7 Å². The van der Waals surface area contributed by atoms with Crippen LogP contribution in [0.25, 0.3) is 0 Å². The zero-order chi connectivity index (χ0) is 19.6. The normalized spacial score (nSPS) is 25.0. The van der Waals surface area contributed by atoms with Crippen LogP contribution in [0.4, 0.5) is 5.69 Å². The number of aromatic nitrogens is 1. The lowest BCUT2D eigenvalue weighted by Gasteiger charge is -2.38. The second-order valence-corrected chi connectivity index (χ2v) is 8.43. The summed E-state index contributed by atoms with van der Waals surface area (Å²) in [5.41, 5.74) is 2.39. The van der Waals surface area contributed by atoms with Crippen molar-refractivity contribution < 1.29 is 4.79 Å². The fraction of sp³-hybridized carbons (Fsp3) is 0.478. The first-order valence-corrected chi connectivity index (χ1v) is 10.7. The van der Waals surface area contributed by atoms with E-state index in [1.807, 2.05) is 18.3 Å². The second-order valence-electron chi connectivity index (χ2n) is 8.43. The van der Waals surface area contributed by atoms with Crippen molar-refractivity contribution in [1.29, 1.82) is 0 Å². The molecule has 2 atom stereocenters. The molecule has 1 aromatic carbocycles. The van der Waals surface area contributed by atoms with Gasteiger partial charge in [0.15, 0.2) is 0 Å². The number of para-hydroxylation sites is 1. The number of hydrogen-bond donors (Lipinski definition) is 0. The van der Waals surface area contributed by atoms with Crippen LogP contribution in [0.15, 0.2) is 54.7 Å². The number of pyridine rings is 1. The molecular formula is C23H29N5O. The number of rotatable bonds is 5. The Balaban J connectivity index is 1.10. The predicted octanol–water partition coefficient (Wildman–Crippen LogP) is 1.69. The lowest BCUT2D eigenvalue weighted by atomic mass is 10.2. The predicted molar refractivity (Wildman–Crippen MR) is 114 cm³/mol. The number of piperazine rings is 2. The highest BCUT2D eigenvalue weighted by molar-refractivity contribution is 5.78. The van der Waals surface area contributed by atoms with Crippen molar-refractivity contribution in [3.05, 3.63) is 60.4 Å². The molecule has 29 heavy (non-hydrogen) atoms. The molecule has 0 radical (unpaired) electrons. The van der Waals surface area contributed by atoms with Crippen LogP contribution in [-0.4, -0.2) is 83.5 Å². The molecule has 152 valence electrons. The maximum atomic E-state index is 12.9. The van der Waals surface area contributed by atoms with E-state index in [9.17, 15) is 4.79 Å². The number of carbonyl (C=O) groups is 1. The van der Waals surface area contributed by atoms with Crippen LogP contribution in [0.5, 0.6) is 0 Å². The van der Waals surface area contributed by atoms with Gasteiger partial charge in [0.2, 0.25) is 5.91 Å². The minimum absolute atomic E-state index is 0.293. The van der Waals surface area contributed by atoms with Gasteiger partial charge in [-0.25, -0.2) is 0 Å². The van der Waals surface area contributed by atoms with E-state index in [4.69, 9.17) is 0 Å². The van der Waals surface area contributed by atoms with E-state index < -0.39 is 0 Å². The summed E-state index contributed by atoms with van der Waals surface area (Å²) in [6.07, 6.45) is 3.05. The molecule has 4 heterocycles. The van der Waals surface area contributed by atoms with Crippen LogP contribution < -0.4 is 4.90 Å². The summed E-state index contributed by atoms with van der Waals surface area (Å²) < 4.78 is 0. The quantitative estimate of drug-likeness (QED) is 0.776. The average molecular weight is 392 g/mol. The zero-order valence-electron chi connectivity index (χ0n) is 16.9. The summed E-state index contributed by atoms with van der Waals surface area (Å²) in [5.74, 6) is 0.293. The van der Waals surface area contributed by atoms with Crippen LogP contribution in [-0.2, 0) is 11.3 Å². The molecule has 3 fully saturated rings. The topological polar surface area (TPSA) is 42.9 Å². The standard InChI is InChI=1S/C23H29N5O/c29-23(26-12-10-25(11-13-26)20-7-2-1-3-8-20)18-28-17-21-14-22(28)16-27(21)15-19-6-4-5-9-24-19/h1-9,21-22H,10-18H2. The van der Waals surface area contributed by atoms with E-state index in [0.717, 1.165) is 51.5 Å². The van der Waals surface area contributed by atoms with E-state index in [-0.39, 0.29) is 0 Å². The fourth-order valence-electron chi connectivity index (χ4n) is 5.05. The molecule has 0 aliphatic carbocycles. The Hall–Kier alpha value is -2.44. The van der Waals surface area contributed by atoms with E-state index in [0.29, 0.717) is 24.5 Å². The number of anilines is 1. The molecule has 0 saturated carbocycles. The number of carbonyl (C=O) groups excluding carboxylic acids is 1. The minimum atomic E-state index is 0.293. The van der Waals surface area contributed by atoms with Crippen LogP contribution >= 0.6 is 0 Å². The van der Waals surface area contributed by atoms with Crippen molar-refractivity contribution in [2.24, 2.45) is 0 Å². The zero-order valence-corrected chi connectivity index (χ0v) is 16.9. The van der Waals surface area contributed by atoms with E-state index >= 15 is 0 Å². The summed E-state index contributed by atoms with van der Waals surface area (Å²) in [6.45, 7) is 7.03. The first kappa shape index (κ1) is 18.6. The smallest absolute Gasteiger partial charge is 0.236 e. The monoisotopic (exact) mass is 391 g/mol. The van der Waals surface area contributed by atoms with Gasteiger partial charge in [0.1, 0.15) is 0 Å². The van der Waals surface area contributed by atoms with Gasteiger partial charge in [-0.15, -0.1) is 0 Å². The van der Waals surface area contributed by atoms with Gasteiger partial charge >= 0.3 is 0 Å². The lowest BCUT2D eigenvalue weighted by molar-refractivity contribution is -0.133. The van der Waals surface area contributed by atoms with Crippen molar-refractivity contribution >= 4 is 11.6 Å². The molecule has 2 bridgehead atoms. The third-order valence-corrected chi connectivity index (χ3v) is 6.65. The van der Waals surface area contributed by atoms with Crippen LogP contribution in [0.1, 0.15) is 12.1 Å². The molecule has 3 aliphatic rings. The first-order chi connectivity index (χ1) is 14.3. The molecule has 6 heteroatoms. The van der Waals surface area contributed by atoms with Crippen LogP contribution in [0.3, 0.4) is 0 Å². The number of hydrogen-bond acceptors (Lipinski definition) is 5. The Labute approximate surface area is 172 Å². The molecule has 0 spiro atoms. The maximum Gasteiger partial charge on any atom is 0.236 e. The third-order valence-electron chi connectivity index (χ3n) is 6.65. The Morgan fingerprint density at radius 2 is 1.62 bits per heavy atom. The maximum absolute atomic E-state index is 12.9. The molecule has 2 unspecified atom stereocenters. The van der Waals surface area contributed by atoms with E-state index in [2.05, 4.69) is 61.0 Å². The second kappa shape index (κ2) is 8.13. The number of amides is 1. The Bertz CT molecular complexity index is 822. The first-order valence-electron chi connectivity index (χ1n) is 10.7. The number of nitrogens with zero attached hydrogens (tertiary/aromatic N) is 5. The third kappa shape index (κ3) is 4.00. The highest BCUT2D eigenvalue weighted by Gasteiger charge is 2.43. The van der Waals surface area contributed by atoms with Crippen molar-refractivity contribution in [2.45, 2.75) is 25.0 Å². The van der Waals surface area contributed by atoms with Crippen molar-refractivity contribution in [1.82, 2.24) is 19.7 Å². The van der Waals surface area contributed by atoms with Crippen molar-refractivity contribution in [3.8, 4) is 0 Å². The average Bonchev–Trinajstić information content (AvgIpc) is 3.35. The lowest BCUT2D eigenvalue weighted by Crippen LogP contribution is -2.53. The van der Waals surface area contributed by atoms with Gasteiger partial charge in [0, 0.05) is 69.8 Å². The van der Waals surface area contributed by atoms with Gasteiger partial charge in [-0.05, 0) is 30.7 Å². The largest absolute Gasteiger partial charge is 0.368 e. The van der Waals surface area contributed by atoms with Gasteiger partial charge in [0.25, 0.3) is 0 Å². The summed E-state index contributed by atoms with van der Waals surface area (Å²) >= 11 is 0. The van der Waals surface area contributed by atoms with E-state index in [1.54, 1.807) is 0 Å². The summed E-state index contributed by atoms with van der Waals surface area (Å²) in [7, 11) is 0. The van der Waals surface area contributed by atoms with Gasteiger partial charge in [-0.3, -0.25) is 19.6 Å². The van der Waals surface area contributed by atoms with Gasteiger partial charge in [-0.2, -0.15) is 0 Å². The molecule has 1 aromatic heterocycles. The summed E-state index contributed by atoms with van der Waals surface area (Å²) in [6, 6.07) is 17.7. The SMILES string of the molecule is O=C(CN1CC2CC1CN2Cc1ccccn1)N1CCN(c2ccccc2)CC1. The van der Waals surface area contributed by atoms with Gasteiger partial charge in [0.05, 0.1) is 12.2 Å². The van der Waals surface area contributed by atoms with Crippen molar-refractivity contribution in [3.63, 3.8) is 0 Å². The molecule has 5 rings (SSSR count). The number of benzene rings is 1. The van der Waals surface area contributed by atoms with Gasteiger partial charge in [-0.1, -0.05) is 24.3 Å². The highest BCUT2D eigenvalue weighted by Crippen LogP contribution is 2.31. The van der Waals surface area contributed by atoms with Crippen LogP contribution in [0.2, 0.25) is 0 Å². The molecule has 3 aliphatic heterocycles. The van der Waals surface area contributed by atoms with E-state index in [1.165, 1.54) is 12.1 Å². The van der Waals surface area contributed by atoms with Gasteiger partial charge < -0.3 is 9.80 Å². The Kier molecular flexibility index (Phi) is 5.21. The minimum Gasteiger partial charge on any atom is -0.368 e.